The monoisotopic (exact) mass is 315 g/mol. The molecule has 1 heterocycles. The normalized spacial score (nSPS) is 17.9. The third kappa shape index (κ3) is 3.27. The summed E-state index contributed by atoms with van der Waals surface area (Å²) in [6.07, 6.45) is 0. The zero-order chi connectivity index (χ0) is 16.2. The summed E-state index contributed by atoms with van der Waals surface area (Å²) >= 11 is 0. The van der Waals surface area contributed by atoms with E-state index in [0.717, 1.165) is 10.8 Å². The van der Waals surface area contributed by atoms with Crippen molar-refractivity contribution in [2.45, 2.75) is 6.04 Å². The van der Waals surface area contributed by atoms with Crippen molar-refractivity contribution in [3.8, 4) is 5.75 Å². The molecule has 0 saturated carbocycles. The molecule has 23 heavy (non-hydrogen) atoms. The highest BCUT2D eigenvalue weighted by Crippen LogP contribution is 2.25. The Balaban J connectivity index is 1.71. The maximum absolute atomic E-state index is 12.3. The molecule has 1 unspecified atom stereocenters. The van der Waals surface area contributed by atoms with Crippen LogP contribution in [0.15, 0.2) is 42.5 Å². The molecule has 0 bridgehead atoms. The second-order valence-electron chi connectivity index (χ2n) is 5.28. The summed E-state index contributed by atoms with van der Waals surface area (Å²) in [5, 5.41) is 11.1. The van der Waals surface area contributed by atoms with Crippen molar-refractivity contribution in [3.05, 3.63) is 42.5 Å². The van der Waals surface area contributed by atoms with Crippen LogP contribution in [0.4, 0.5) is 0 Å². The molecule has 6 heteroatoms. The number of hydrogen-bond donors (Lipinski definition) is 1. The number of carboxylic acid groups (broad SMARTS) is 1. The van der Waals surface area contributed by atoms with E-state index in [0.29, 0.717) is 12.4 Å². The molecule has 1 aliphatic rings. The number of rotatable bonds is 4. The van der Waals surface area contributed by atoms with Gasteiger partial charge in [0, 0.05) is 11.9 Å². The molecule has 1 amide bonds. The van der Waals surface area contributed by atoms with Gasteiger partial charge in [-0.05, 0) is 11.5 Å². The molecule has 1 N–H and O–H groups in total. The molecule has 0 radical (unpaired) electrons. The van der Waals surface area contributed by atoms with Crippen molar-refractivity contribution < 1.29 is 24.2 Å². The SMILES string of the molecule is O=C(O)C1COCCN1C(=O)COc1cccc2ccccc12. The molecule has 3 rings (SSSR count). The third-order valence-corrected chi connectivity index (χ3v) is 3.83. The summed E-state index contributed by atoms with van der Waals surface area (Å²) in [6.45, 7) is 0.408. The molecule has 0 aromatic heterocycles. The predicted molar refractivity (Wildman–Crippen MR) is 83.4 cm³/mol. The third-order valence-electron chi connectivity index (χ3n) is 3.83. The Morgan fingerprint density at radius 3 is 2.83 bits per heavy atom. The number of benzene rings is 2. The molecule has 1 atom stereocenters. The van der Waals surface area contributed by atoms with Crippen LogP contribution in [0, 0.1) is 0 Å². The topological polar surface area (TPSA) is 76.1 Å². The van der Waals surface area contributed by atoms with E-state index in [2.05, 4.69) is 0 Å². The highest BCUT2D eigenvalue weighted by molar-refractivity contribution is 5.89. The van der Waals surface area contributed by atoms with Gasteiger partial charge in [-0.3, -0.25) is 4.79 Å². The van der Waals surface area contributed by atoms with E-state index < -0.39 is 12.0 Å². The Morgan fingerprint density at radius 2 is 2.00 bits per heavy atom. The van der Waals surface area contributed by atoms with Crippen LogP contribution in [-0.4, -0.2) is 54.3 Å². The van der Waals surface area contributed by atoms with Crippen LogP contribution >= 0.6 is 0 Å². The van der Waals surface area contributed by atoms with Crippen LogP contribution in [0.1, 0.15) is 0 Å². The number of amides is 1. The van der Waals surface area contributed by atoms with Gasteiger partial charge in [0.15, 0.2) is 12.6 Å². The average molecular weight is 315 g/mol. The number of carbonyl (C=O) groups excluding carboxylic acids is 1. The minimum Gasteiger partial charge on any atom is -0.483 e. The number of hydrogen-bond acceptors (Lipinski definition) is 4. The Morgan fingerprint density at radius 1 is 1.22 bits per heavy atom. The first-order valence-electron chi connectivity index (χ1n) is 7.37. The molecular weight excluding hydrogens is 298 g/mol. The molecule has 0 spiro atoms. The van der Waals surface area contributed by atoms with Crippen LogP contribution in [0.5, 0.6) is 5.75 Å². The maximum Gasteiger partial charge on any atom is 0.328 e. The minimum atomic E-state index is -1.07. The van der Waals surface area contributed by atoms with Crippen LogP contribution in [0.25, 0.3) is 10.8 Å². The first-order chi connectivity index (χ1) is 11.2. The number of carboxylic acids is 1. The van der Waals surface area contributed by atoms with Crippen LogP contribution in [-0.2, 0) is 14.3 Å². The fourth-order valence-electron chi connectivity index (χ4n) is 2.65. The van der Waals surface area contributed by atoms with Crippen LogP contribution in [0.3, 0.4) is 0 Å². The summed E-state index contributed by atoms with van der Waals surface area (Å²) in [4.78, 5) is 24.8. The van der Waals surface area contributed by atoms with Gasteiger partial charge in [-0.2, -0.15) is 0 Å². The van der Waals surface area contributed by atoms with Crippen molar-refractivity contribution in [1.29, 1.82) is 0 Å². The van der Waals surface area contributed by atoms with Gasteiger partial charge in [0.2, 0.25) is 0 Å². The van der Waals surface area contributed by atoms with Gasteiger partial charge in [0.25, 0.3) is 5.91 Å². The van der Waals surface area contributed by atoms with Gasteiger partial charge in [0.05, 0.1) is 13.2 Å². The number of nitrogens with zero attached hydrogens (tertiary/aromatic N) is 1. The van der Waals surface area contributed by atoms with Crippen molar-refractivity contribution in [2.24, 2.45) is 0 Å². The Bertz CT molecular complexity index is 725. The van der Waals surface area contributed by atoms with Gasteiger partial charge < -0.3 is 19.5 Å². The van der Waals surface area contributed by atoms with E-state index >= 15 is 0 Å². The number of ether oxygens (including phenoxy) is 2. The minimum absolute atomic E-state index is 0.00927. The molecule has 0 aliphatic carbocycles. The van der Waals surface area contributed by atoms with Gasteiger partial charge in [-0.25, -0.2) is 4.79 Å². The number of fused-ring (bicyclic) bond motifs is 1. The van der Waals surface area contributed by atoms with Gasteiger partial charge >= 0.3 is 5.97 Å². The van der Waals surface area contributed by atoms with E-state index in [9.17, 15) is 9.59 Å². The molecule has 6 nitrogen and oxygen atoms in total. The molecular formula is C17H17NO5. The van der Waals surface area contributed by atoms with E-state index in [1.165, 1.54) is 4.90 Å². The molecule has 2 aromatic rings. The first-order valence-corrected chi connectivity index (χ1v) is 7.37. The van der Waals surface area contributed by atoms with Gasteiger partial charge in [-0.15, -0.1) is 0 Å². The fourth-order valence-corrected chi connectivity index (χ4v) is 2.65. The molecule has 2 aromatic carbocycles. The Labute approximate surface area is 133 Å². The second-order valence-corrected chi connectivity index (χ2v) is 5.28. The fraction of sp³-hybridized carbons (Fsp3) is 0.294. The van der Waals surface area contributed by atoms with Crippen LogP contribution in [0.2, 0.25) is 0 Å². The van der Waals surface area contributed by atoms with Gasteiger partial charge in [0.1, 0.15) is 5.75 Å². The Kier molecular flexibility index (Phi) is 4.43. The average Bonchev–Trinajstić information content (AvgIpc) is 2.59. The molecule has 120 valence electrons. The Hall–Kier alpha value is -2.60. The highest BCUT2D eigenvalue weighted by Gasteiger charge is 2.32. The standard InChI is InChI=1S/C17H17NO5/c19-16(18-8-9-22-10-14(18)17(20)21)11-23-15-7-3-5-12-4-1-2-6-13(12)15/h1-7,14H,8-11H2,(H,20,21). The van der Waals surface area contributed by atoms with Crippen molar-refractivity contribution >= 4 is 22.6 Å². The molecule has 1 fully saturated rings. The second kappa shape index (κ2) is 6.66. The number of carbonyl (C=O) groups is 2. The lowest BCUT2D eigenvalue weighted by Crippen LogP contribution is -2.53. The zero-order valence-corrected chi connectivity index (χ0v) is 12.5. The van der Waals surface area contributed by atoms with E-state index in [-0.39, 0.29) is 25.7 Å². The lowest BCUT2D eigenvalue weighted by Gasteiger charge is -2.32. The molecule has 1 saturated heterocycles. The van der Waals surface area contributed by atoms with Crippen molar-refractivity contribution in [1.82, 2.24) is 4.90 Å². The highest BCUT2D eigenvalue weighted by atomic mass is 16.5. The predicted octanol–water partition coefficient (Wildman–Crippen LogP) is 1.53. The summed E-state index contributed by atoms with van der Waals surface area (Å²) in [6, 6.07) is 12.4. The van der Waals surface area contributed by atoms with Crippen molar-refractivity contribution in [2.75, 3.05) is 26.4 Å². The van der Waals surface area contributed by atoms with E-state index in [4.69, 9.17) is 14.6 Å². The van der Waals surface area contributed by atoms with E-state index in [1.807, 2.05) is 36.4 Å². The number of morpholine rings is 1. The van der Waals surface area contributed by atoms with Crippen molar-refractivity contribution in [3.63, 3.8) is 0 Å². The summed E-state index contributed by atoms with van der Waals surface area (Å²) < 4.78 is 10.8. The smallest absolute Gasteiger partial charge is 0.328 e. The zero-order valence-electron chi connectivity index (χ0n) is 12.5. The first kappa shape index (κ1) is 15.3. The van der Waals surface area contributed by atoms with Crippen LogP contribution < -0.4 is 4.74 Å². The summed E-state index contributed by atoms with van der Waals surface area (Å²) in [5.74, 6) is -0.812. The lowest BCUT2D eigenvalue weighted by molar-refractivity contribution is -0.159. The summed E-state index contributed by atoms with van der Waals surface area (Å²) in [7, 11) is 0. The lowest BCUT2D eigenvalue weighted by atomic mass is 10.1. The number of aliphatic carboxylic acids is 1. The largest absolute Gasteiger partial charge is 0.483 e. The molecule has 1 aliphatic heterocycles. The van der Waals surface area contributed by atoms with Gasteiger partial charge in [-0.1, -0.05) is 36.4 Å². The quantitative estimate of drug-likeness (QED) is 0.926. The van der Waals surface area contributed by atoms with E-state index in [1.54, 1.807) is 6.07 Å². The summed E-state index contributed by atoms with van der Waals surface area (Å²) in [5.41, 5.74) is 0. The maximum atomic E-state index is 12.3.